The van der Waals surface area contributed by atoms with Crippen LogP contribution in [0.5, 0.6) is 0 Å². The van der Waals surface area contributed by atoms with Crippen LogP contribution in [-0.4, -0.2) is 54.8 Å². The van der Waals surface area contributed by atoms with E-state index in [1.807, 2.05) is 4.90 Å². The Balaban J connectivity index is 1.55. The van der Waals surface area contributed by atoms with Gasteiger partial charge in [0.15, 0.2) is 0 Å². The van der Waals surface area contributed by atoms with Crippen LogP contribution in [0.2, 0.25) is 0 Å². The number of rotatable bonds is 3. The highest BCUT2D eigenvalue weighted by Gasteiger charge is 2.39. The molecule has 0 aliphatic carbocycles. The van der Waals surface area contributed by atoms with Crippen LogP contribution < -0.4 is 10.2 Å². The average Bonchev–Trinajstić information content (AvgIpc) is 2.91. The quantitative estimate of drug-likeness (QED) is 0.851. The number of nitrogens with zero attached hydrogens (tertiary/aromatic N) is 4. The number of piperazine rings is 1. The summed E-state index contributed by atoms with van der Waals surface area (Å²) in [4.78, 5) is 22.7. The molecule has 2 aliphatic rings. The Hall–Kier alpha value is -2.52. The summed E-state index contributed by atoms with van der Waals surface area (Å²) in [6.45, 7) is 5.36. The summed E-state index contributed by atoms with van der Waals surface area (Å²) in [7, 11) is -3.63. The molecule has 27 heavy (non-hydrogen) atoms. The number of anilines is 2. The molecule has 0 atom stereocenters. The van der Waals surface area contributed by atoms with E-state index in [0.29, 0.717) is 43.4 Å². The zero-order valence-corrected chi connectivity index (χ0v) is 16.0. The van der Waals surface area contributed by atoms with Gasteiger partial charge in [-0.05, 0) is 43.7 Å². The van der Waals surface area contributed by atoms with Gasteiger partial charge in [0.05, 0.1) is 10.3 Å². The van der Waals surface area contributed by atoms with Crippen LogP contribution in [0.25, 0.3) is 0 Å². The molecular weight excluding hydrogens is 366 g/mol. The predicted octanol–water partition coefficient (Wildman–Crippen LogP) is 1.22. The van der Waals surface area contributed by atoms with Crippen LogP contribution in [-0.2, 0) is 20.2 Å². The molecule has 1 fully saturated rings. The summed E-state index contributed by atoms with van der Waals surface area (Å²) in [5.74, 6) is 0.488. The number of sulfonamides is 1. The van der Waals surface area contributed by atoms with E-state index < -0.39 is 15.4 Å². The lowest BCUT2D eigenvalue weighted by molar-refractivity contribution is -0.119. The number of fused-ring (bicyclic) bond motifs is 1. The molecular formula is C18H21N5O3S. The van der Waals surface area contributed by atoms with Crippen molar-refractivity contribution < 1.29 is 13.2 Å². The minimum Gasteiger partial charge on any atom is -0.338 e. The summed E-state index contributed by atoms with van der Waals surface area (Å²) < 4.78 is 27.7. The van der Waals surface area contributed by atoms with E-state index in [1.165, 1.54) is 4.31 Å². The van der Waals surface area contributed by atoms with Crippen LogP contribution in [0.3, 0.4) is 0 Å². The molecule has 0 saturated carbocycles. The largest absolute Gasteiger partial charge is 0.338 e. The SMILES string of the molecule is CC1(C)C(=O)Nc2ccc(S(=O)(=O)N3CCN(c4ncccn4)CC3)cc21. The Morgan fingerprint density at radius 1 is 1.07 bits per heavy atom. The van der Waals surface area contributed by atoms with Crippen molar-refractivity contribution in [1.29, 1.82) is 0 Å². The second kappa shape index (κ2) is 6.28. The third-order valence-corrected chi connectivity index (χ3v) is 7.09. The Labute approximate surface area is 158 Å². The first-order valence-corrected chi connectivity index (χ1v) is 10.2. The van der Waals surface area contributed by atoms with E-state index in [4.69, 9.17) is 0 Å². The van der Waals surface area contributed by atoms with Gasteiger partial charge in [0.1, 0.15) is 0 Å². The first kappa shape index (κ1) is 17.9. The van der Waals surface area contributed by atoms with Gasteiger partial charge in [-0.25, -0.2) is 18.4 Å². The van der Waals surface area contributed by atoms with Crippen LogP contribution in [0, 0.1) is 0 Å². The van der Waals surface area contributed by atoms with E-state index >= 15 is 0 Å². The van der Waals surface area contributed by atoms with Gasteiger partial charge in [-0.3, -0.25) is 4.79 Å². The van der Waals surface area contributed by atoms with Gasteiger partial charge in [-0.2, -0.15) is 4.31 Å². The minimum absolute atomic E-state index is 0.122. The number of benzene rings is 1. The molecule has 0 bridgehead atoms. The number of nitrogens with one attached hydrogen (secondary N) is 1. The summed E-state index contributed by atoms with van der Waals surface area (Å²) in [6.07, 6.45) is 3.35. The van der Waals surface area contributed by atoms with Crippen LogP contribution in [0.4, 0.5) is 11.6 Å². The zero-order chi connectivity index (χ0) is 19.2. The van der Waals surface area contributed by atoms with Crippen molar-refractivity contribution in [2.75, 3.05) is 36.4 Å². The van der Waals surface area contributed by atoms with Crippen LogP contribution in [0.15, 0.2) is 41.6 Å². The second-order valence-corrected chi connectivity index (χ2v) is 9.16. The summed E-state index contributed by atoms with van der Waals surface area (Å²) in [5, 5.41) is 2.80. The van der Waals surface area contributed by atoms with Gasteiger partial charge in [0.2, 0.25) is 21.9 Å². The summed E-state index contributed by atoms with van der Waals surface area (Å²) in [6, 6.07) is 6.60. The van der Waals surface area contributed by atoms with Crippen LogP contribution in [0.1, 0.15) is 19.4 Å². The van der Waals surface area contributed by atoms with E-state index in [0.717, 1.165) is 0 Å². The molecule has 2 aromatic rings. The third kappa shape index (κ3) is 2.96. The fourth-order valence-corrected chi connectivity index (χ4v) is 4.89. The number of carbonyl (C=O) groups excluding carboxylic acids is 1. The minimum atomic E-state index is -3.63. The van der Waals surface area contributed by atoms with Gasteiger partial charge in [-0.1, -0.05) is 0 Å². The maximum absolute atomic E-state index is 13.1. The molecule has 142 valence electrons. The number of amides is 1. The fraction of sp³-hybridized carbons (Fsp3) is 0.389. The lowest BCUT2D eigenvalue weighted by Crippen LogP contribution is -2.49. The van der Waals surface area contributed by atoms with E-state index in [1.54, 1.807) is 50.5 Å². The lowest BCUT2D eigenvalue weighted by atomic mass is 9.86. The molecule has 0 radical (unpaired) electrons. The Bertz CT molecular complexity index is 983. The van der Waals surface area contributed by atoms with Crippen molar-refractivity contribution in [1.82, 2.24) is 14.3 Å². The van der Waals surface area contributed by atoms with Crippen molar-refractivity contribution in [2.45, 2.75) is 24.2 Å². The van der Waals surface area contributed by atoms with E-state index in [9.17, 15) is 13.2 Å². The summed E-state index contributed by atoms with van der Waals surface area (Å²) >= 11 is 0. The maximum Gasteiger partial charge on any atom is 0.243 e. The van der Waals surface area contributed by atoms with Gasteiger partial charge >= 0.3 is 0 Å². The number of hydrogen-bond acceptors (Lipinski definition) is 6. The fourth-order valence-electron chi connectivity index (χ4n) is 3.44. The van der Waals surface area contributed by atoms with Crippen molar-refractivity contribution in [2.24, 2.45) is 0 Å². The molecule has 1 aromatic carbocycles. The lowest BCUT2D eigenvalue weighted by Gasteiger charge is -2.34. The Kier molecular flexibility index (Phi) is 4.15. The summed E-state index contributed by atoms with van der Waals surface area (Å²) in [5.41, 5.74) is 0.643. The molecule has 0 spiro atoms. The normalized spacial score (nSPS) is 19.6. The average molecular weight is 387 g/mol. The molecule has 8 nitrogen and oxygen atoms in total. The molecule has 4 rings (SSSR count). The molecule has 2 aliphatic heterocycles. The van der Waals surface area contributed by atoms with Gasteiger partial charge in [0, 0.05) is 44.3 Å². The highest BCUT2D eigenvalue weighted by molar-refractivity contribution is 7.89. The monoisotopic (exact) mass is 387 g/mol. The number of hydrogen-bond donors (Lipinski definition) is 1. The van der Waals surface area contributed by atoms with Gasteiger partial charge in [-0.15, -0.1) is 0 Å². The predicted molar refractivity (Wildman–Crippen MR) is 101 cm³/mol. The van der Waals surface area contributed by atoms with Crippen molar-refractivity contribution in [3.05, 3.63) is 42.2 Å². The van der Waals surface area contributed by atoms with Crippen molar-refractivity contribution >= 4 is 27.6 Å². The molecule has 0 unspecified atom stereocenters. The van der Waals surface area contributed by atoms with Crippen LogP contribution >= 0.6 is 0 Å². The zero-order valence-electron chi connectivity index (χ0n) is 15.2. The molecule has 9 heteroatoms. The highest BCUT2D eigenvalue weighted by Crippen LogP contribution is 2.38. The maximum atomic E-state index is 13.1. The smallest absolute Gasteiger partial charge is 0.243 e. The highest BCUT2D eigenvalue weighted by atomic mass is 32.2. The second-order valence-electron chi connectivity index (χ2n) is 7.23. The first-order chi connectivity index (χ1) is 12.8. The topological polar surface area (TPSA) is 95.5 Å². The number of carbonyl (C=O) groups is 1. The molecule has 1 saturated heterocycles. The standard InChI is InChI=1S/C18H21N5O3S/c1-18(2)14-12-13(4-5-15(14)21-16(18)24)27(25,26)23-10-8-22(9-11-23)17-19-6-3-7-20-17/h3-7,12H,8-11H2,1-2H3,(H,21,24). The van der Waals surface area contributed by atoms with Crippen molar-refractivity contribution in [3.63, 3.8) is 0 Å². The molecule has 1 aromatic heterocycles. The Morgan fingerprint density at radius 3 is 2.41 bits per heavy atom. The first-order valence-electron chi connectivity index (χ1n) is 8.78. The van der Waals surface area contributed by atoms with Crippen molar-refractivity contribution in [3.8, 4) is 0 Å². The van der Waals surface area contributed by atoms with E-state index in [-0.39, 0.29) is 10.8 Å². The third-order valence-electron chi connectivity index (χ3n) is 5.19. The Morgan fingerprint density at radius 2 is 1.74 bits per heavy atom. The van der Waals surface area contributed by atoms with Gasteiger partial charge in [0.25, 0.3) is 0 Å². The van der Waals surface area contributed by atoms with E-state index in [2.05, 4.69) is 15.3 Å². The molecule has 1 N–H and O–H groups in total. The number of aromatic nitrogens is 2. The molecule has 3 heterocycles. The van der Waals surface area contributed by atoms with Gasteiger partial charge < -0.3 is 10.2 Å². The molecule has 1 amide bonds.